The minimum Gasteiger partial charge on any atom is -0.101 e. The van der Waals surface area contributed by atoms with Gasteiger partial charge in [-0.3, -0.25) is 0 Å². The molecule has 0 bridgehead atoms. The number of allylic oxidation sites excluding steroid dienone is 1. The Labute approximate surface area is 147 Å². The predicted molar refractivity (Wildman–Crippen MR) is 103 cm³/mol. The van der Waals surface area contributed by atoms with Crippen molar-refractivity contribution in [1.82, 2.24) is 0 Å². The van der Waals surface area contributed by atoms with Crippen molar-refractivity contribution in [2.75, 3.05) is 0 Å². The van der Waals surface area contributed by atoms with Crippen LogP contribution in [-0.4, -0.2) is 0 Å². The molecule has 0 heteroatoms. The highest BCUT2D eigenvalue weighted by Crippen LogP contribution is 2.62. The van der Waals surface area contributed by atoms with Gasteiger partial charge < -0.3 is 0 Å². The summed E-state index contributed by atoms with van der Waals surface area (Å²) in [5, 5.41) is 0. The minimum atomic E-state index is 0.409. The summed E-state index contributed by atoms with van der Waals surface area (Å²) in [6.07, 6.45) is 9.77. The number of benzene rings is 1. The Balaban J connectivity index is 1.76. The van der Waals surface area contributed by atoms with E-state index in [1.807, 2.05) is 13.0 Å². The van der Waals surface area contributed by atoms with E-state index in [0.717, 1.165) is 23.3 Å². The van der Waals surface area contributed by atoms with Crippen LogP contribution in [0, 0.1) is 29.1 Å². The molecule has 0 amide bonds. The van der Waals surface area contributed by atoms with E-state index in [4.69, 9.17) is 0 Å². The molecule has 0 heterocycles. The highest BCUT2D eigenvalue weighted by Gasteiger charge is 2.51. The lowest BCUT2D eigenvalue weighted by Crippen LogP contribution is -2.40. The maximum atomic E-state index is 4.42. The molecule has 124 valence electrons. The van der Waals surface area contributed by atoms with Crippen molar-refractivity contribution >= 4 is 6.08 Å². The van der Waals surface area contributed by atoms with Gasteiger partial charge in [-0.05, 0) is 91.4 Å². The maximum absolute atomic E-state index is 4.42. The summed E-state index contributed by atoms with van der Waals surface area (Å²) in [5.41, 5.74) is 7.44. The molecule has 0 spiro atoms. The first kappa shape index (κ1) is 15.8. The van der Waals surface area contributed by atoms with Gasteiger partial charge in [-0.25, -0.2) is 0 Å². The first-order valence-electron chi connectivity index (χ1n) is 9.48. The van der Waals surface area contributed by atoms with E-state index in [0.29, 0.717) is 5.41 Å². The van der Waals surface area contributed by atoms with Gasteiger partial charge in [0, 0.05) is 5.56 Å². The molecular formula is C24H28. The fraction of sp³-hybridized carbons (Fsp3) is 0.500. The molecule has 0 nitrogen and oxygen atoms in total. The molecule has 2 fully saturated rings. The van der Waals surface area contributed by atoms with Gasteiger partial charge in [-0.15, -0.1) is 5.92 Å². The summed E-state index contributed by atoms with van der Waals surface area (Å²) >= 11 is 0. The zero-order chi connectivity index (χ0) is 16.9. The number of rotatable bonds is 1. The monoisotopic (exact) mass is 316 g/mol. The topological polar surface area (TPSA) is 0 Å². The highest BCUT2D eigenvalue weighted by molar-refractivity contribution is 5.61. The van der Waals surface area contributed by atoms with Crippen molar-refractivity contribution in [2.24, 2.45) is 17.3 Å². The number of hydrogen-bond acceptors (Lipinski definition) is 0. The fourth-order valence-electron chi connectivity index (χ4n) is 5.96. The SMILES string of the molecule is C=Cc1cc2c(cc1C#CC)C1CCC3(C)C(=C)CCC3C1CC2. The normalized spacial score (nSPS) is 33.8. The van der Waals surface area contributed by atoms with Gasteiger partial charge in [0.1, 0.15) is 0 Å². The molecule has 0 radical (unpaired) electrons. The van der Waals surface area contributed by atoms with Crippen molar-refractivity contribution in [3.63, 3.8) is 0 Å². The molecule has 1 aromatic carbocycles. The van der Waals surface area contributed by atoms with Crippen LogP contribution >= 0.6 is 0 Å². The lowest BCUT2D eigenvalue weighted by Gasteiger charge is -2.49. The van der Waals surface area contributed by atoms with Crippen LogP contribution in [0.5, 0.6) is 0 Å². The van der Waals surface area contributed by atoms with Crippen LogP contribution in [0.2, 0.25) is 0 Å². The lowest BCUT2D eigenvalue weighted by molar-refractivity contribution is 0.0817. The number of hydrogen-bond donors (Lipinski definition) is 0. The summed E-state index contributed by atoms with van der Waals surface area (Å²) in [6.45, 7) is 12.8. The van der Waals surface area contributed by atoms with Gasteiger partial charge >= 0.3 is 0 Å². The van der Waals surface area contributed by atoms with Gasteiger partial charge in [0.05, 0.1) is 0 Å². The third-order valence-electron chi connectivity index (χ3n) is 7.33. The molecule has 0 aliphatic heterocycles. The Morgan fingerprint density at radius 2 is 2.04 bits per heavy atom. The summed E-state index contributed by atoms with van der Waals surface area (Å²) in [6, 6.07) is 4.76. The molecule has 1 aromatic rings. The van der Waals surface area contributed by atoms with Crippen LogP contribution in [0.1, 0.15) is 74.1 Å². The van der Waals surface area contributed by atoms with Crippen molar-refractivity contribution in [3.8, 4) is 11.8 Å². The zero-order valence-electron chi connectivity index (χ0n) is 15.1. The number of aryl methyl sites for hydroxylation is 1. The van der Waals surface area contributed by atoms with E-state index in [-0.39, 0.29) is 0 Å². The van der Waals surface area contributed by atoms with E-state index in [1.165, 1.54) is 49.7 Å². The molecule has 4 rings (SSSR count). The largest absolute Gasteiger partial charge is 0.101 e. The van der Waals surface area contributed by atoms with Gasteiger partial charge in [0.25, 0.3) is 0 Å². The molecule has 4 atom stereocenters. The summed E-state index contributed by atoms with van der Waals surface area (Å²) in [4.78, 5) is 0. The Bertz CT molecular complexity index is 769. The minimum absolute atomic E-state index is 0.409. The molecule has 3 aliphatic rings. The second-order valence-electron chi connectivity index (χ2n) is 8.23. The maximum Gasteiger partial charge on any atom is 0.0320 e. The molecule has 24 heavy (non-hydrogen) atoms. The lowest BCUT2D eigenvalue weighted by atomic mass is 9.55. The van der Waals surface area contributed by atoms with E-state index >= 15 is 0 Å². The van der Waals surface area contributed by atoms with Crippen LogP contribution in [0.15, 0.2) is 30.9 Å². The van der Waals surface area contributed by atoms with Crippen LogP contribution in [-0.2, 0) is 6.42 Å². The zero-order valence-corrected chi connectivity index (χ0v) is 15.1. The van der Waals surface area contributed by atoms with E-state index in [1.54, 1.807) is 11.1 Å². The average Bonchev–Trinajstić information content (AvgIpc) is 2.89. The average molecular weight is 316 g/mol. The molecule has 0 N–H and O–H groups in total. The third kappa shape index (κ3) is 2.14. The molecule has 3 aliphatic carbocycles. The highest BCUT2D eigenvalue weighted by atomic mass is 14.6. The molecule has 2 saturated carbocycles. The summed E-state index contributed by atoms with van der Waals surface area (Å²) in [5.74, 6) is 8.79. The van der Waals surface area contributed by atoms with Gasteiger partial charge in [0.2, 0.25) is 0 Å². The summed E-state index contributed by atoms with van der Waals surface area (Å²) in [7, 11) is 0. The smallest absolute Gasteiger partial charge is 0.0320 e. The first-order chi connectivity index (χ1) is 11.6. The number of fused-ring (bicyclic) bond motifs is 5. The Kier molecular flexibility index (Phi) is 3.72. The standard InChI is InChI=1S/C24H28/c1-5-7-18-15-22-19(14-17(18)6-2)9-10-21-20(22)12-13-24(4)16(3)8-11-23(21)24/h6,14-15,20-21,23H,2-3,8-13H2,1,4H3. The molecule has 0 saturated heterocycles. The summed E-state index contributed by atoms with van der Waals surface area (Å²) < 4.78 is 0. The third-order valence-corrected chi connectivity index (χ3v) is 7.33. The molecule has 4 unspecified atom stereocenters. The molecule has 0 aromatic heterocycles. The van der Waals surface area contributed by atoms with Crippen molar-refractivity contribution in [3.05, 3.63) is 53.1 Å². The Morgan fingerprint density at radius 1 is 1.21 bits per heavy atom. The van der Waals surface area contributed by atoms with E-state index in [9.17, 15) is 0 Å². The van der Waals surface area contributed by atoms with Crippen molar-refractivity contribution in [1.29, 1.82) is 0 Å². The second kappa shape index (κ2) is 5.66. The van der Waals surface area contributed by atoms with E-state index < -0.39 is 0 Å². The first-order valence-corrected chi connectivity index (χ1v) is 9.48. The predicted octanol–water partition coefficient (Wildman–Crippen LogP) is 6.11. The molecular weight excluding hydrogens is 288 g/mol. The fourth-order valence-corrected chi connectivity index (χ4v) is 5.96. The van der Waals surface area contributed by atoms with Crippen LogP contribution < -0.4 is 0 Å². The van der Waals surface area contributed by atoms with Gasteiger partial charge in [-0.1, -0.05) is 43.7 Å². The second-order valence-corrected chi connectivity index (χ2v) is 8.23. The van der Waals surface area contributed by atoms with Gasteiger partial charge in [0.15, 0.2) is 0 Å². The van der Waals surface area contributed by atoms with Crippen LogP contribution in [0.3, 0.4) is 0 Å². The quantitative estimate of drug-likeness (QED) is 0.433. The van der Waals surface area contributed by atoms with Crippen molar-refractivity contribution in [2.45, 2.75) is 58.3 Å². The van der Waals surface area contributed by atoms with Gasteiger partial charge in [-0.2, -0.15) is 0 Å². The Morgan fingerprint density at radius 3 is 2.79 bits per heavy atom. The van der Waals surface area contributed by atoms with Crippen LogP contribution in [0.25, 0.3) is 6.08 Å². The Hall–Kier alpha value is -1.74. The van der Waals surface area contributed by atoms with E-state index in [2.05, 4.69) is 44.1 Å². The van der Waals surface area contributed by atoms with Crippen LogP contribution in [0.4, 0.5) is 0 Å². The van der Waals surface area contributed by atoms with Crippen molar-refractivity contribution < 1.29 is 0 Å².